The van der Waals surface area contributed by atoms with Gasteiger partial charge in [0.2, 0.25) is 0 Å². The fraction of sp³-hybridized carbons (Fsp3) is 0.0500. The van der Waals surface area contributed by atoms with Crippen molar-refractivity contribution >= 4 is 33.5 Å². The average Bonchev–Trinajstić information content (AvgIpc) is 2.63. The standard InChI is InChI=1S/C19H13N3O3.CH4/c23-14-5-1-3-11-7-9-15(21-16(11)14)22-19(25)13-8-6-12-4-2-10-20-17(12)18(13)24;/h1-10,23-24H,(H,21,22,25);1H4. The number of amides is 1. The Bertz CT molecular complexity index is 1130. The summed E-state index contributed by atoms with van der Waals surface area (Å²) < 4.78 is 0. The molecule has 130 valence electrons. The first-order valence-corrected chi connectivity index (χ1v) is 7.60. The number of nitrogens with one attached hydrogen (secondary N) is 1. The molecule has 1 amide bonds. The van der Waals surface area contributed by atoms with E-state index in [1.807, 2.05) is 6.07 Å². The number of hydrogen-bond donors (Lipinski definition) is 3. The van der Waals surface area contributed by atoms with Crippen LogP contribution in [0.25, 0.3) is 21.8 Å². The van der Waals surface area contributed by atoms with Gasteiger partial charge in [-0.15, -0.1) is 0 Å². The highest BCUT2D eigenvalue weighted by atomic mass is 16.3. The predicted molar refractivity (Wildman–Crippen MR) is 101 cm³/mol. The zero-order chi connectivity index (χ0) is 17.4. The minimum absolute atomic E-state index is 0. The van der Waals surface area contributed by atoms with E-state index >= 15 is 0 Å². The molecule has 26 heavy (non-hydrogen) atoms. The molecule has 6 nitrogen and oxygen atoms in total. The van der Waals surface area contributed by atoms with Crippen LogP contribution in [-0.2, 0) is 0 Å². The van der Waals surface area contributed by atoms with Crippen molar-refractivity contribution in [2.75, 3.05) is 5.32 Å². The first-order chi connectivity index (χ1) is 12.1. The second kappa shape index (κ2) is 6.68. The molecule has 3 N–H and O–H groups in total. The van der Waals surface area contributed by atoms with E-state index in [0.29, 0.717) is 11.0 Å². The number of aromatic nitrogens is 2. The molecule has 2 aromatic carbocycles. The van der Waals surface area contributed by atoms with Crippen LogP contribution in [0.3, 0.4) is 0 Å². The summed E-state index contributed by atoms with van der Waals surface area (Å²) in [6, 6.07) is 15.3. The smallest absolute Gasteiger partial charge is 0.260 e. The second-order valence-corrected chi connectivity index (χ2v) is 5.54. The van der Waals surface area contributed by atoms with Gasteiger partial charge in [0.15, 0.2) is 5.75 Å². The Balaban J connectivity index is 0.00000196. The molecule has 6 heteroatoms. The third-order valence-corrected chi connectivity index (χ3v) is 3.93. The predicted octanol–water partition coefficient (Wildman–Crippen LogP) is 4.08. The third kappa shape index (κ3) is 2.88. The van der Waals surface area contributed by atoms with E-state index in [4.69, 9.17) is 0 Å². The topological polar surface area (TPSA) is 95.3 Å². The summed E-state index contributed by atoms with van der Waals surface area (Å²) in [5.74, 6) is -0.377. The van der Waals surface area contributed by atoms with Crippen molar-refractivity contribution in [3.63, 3.8) is 0 Å². The maximum Gasteiger partial charge on any atom is 0.260 e. The number of carbonyl (C=O) groups is 1. The number of phenols is 2. The normalized spacial score (nSPS) is 10.5. The Morgan fingerprint density at radius 3 is 2.46 bits per heavy atom. The molecule has 0 fully saturated rings. The molecule has 0 aliphatic heterocycles. The summed E-state index contributed by atoms with van der Waals surface area (Å²) in [6.45, 7) is 0. The number of fused-ring (bicyclic) bond motifs is 2. The lowest BCUT2D eigenvalue weighted by Gasteiger charge is -2.09. The highest BCUT2D eigenvalue weighted by molar-refractivity contribution is 6.09. The molecule has 0 unspecified atom stereocenters. The Morgan fingerprint density at radius 1 is 0.885 bits per heavy atom. The van der Waals surface area contributed by atoms with Gasteiger partial charge in [-0.1, -0.05) is 31.7 Å². The van der Waals surface area contributed by atoms with E-state index in [-0.39, 0.29) is 30.3 Å². The van der Waals surface area contributed by atoms with Gasteiger partial charge in [0.1, 0.15) is 22.6 Å². The van der Waals surface area contributed by atoms with Crippen molar-refractivity contribution < 1.29 is 15.0 Å². The monoisotopic (exact) mass is 347 g/mol. The van der Waals surface area contributed by atoms with Crippen LogP contribution < -0.4 is 5.32 Å². The van der Waals surface area contributed by atoms with Crippen LogP contribution in [0.4, 0.5) is 5.82 Å². The number of carbonyl (C=O) groups excluding carboxylic acids is 1. The number of pyridine rings is 2. The van der Waals surface area contributed by atoms with Crippen molar-refractivity contribution in [2.24, 2.45) is 0 Å². The van der Waals surface area contributed by atoms with Crippen LogP contribution in [0.1, 0.15) is 17.8 Å². The maximum absolute atomic E-state index is 12.5. The SMILES string of the molecule is C.O=C(Nc1ccc2cccc(O)c2n1)c1ccc2cccnc2c1O. The molecule has 4 rings (SSSR count). The molecule has 0 atom stereocenters. The molecule has 2 aromatic heterocycles. The molecule has 4 aromatic rings. The fourth-order valence-electron chi connectivity index (χ4n) is 2.70. The lowest BCUT2D eigenvalue weighted by Crippen LogP contribution is -2.13. The van der Waals surface area contributed by atoms with Crippen molar-refractivity contribution in [2.45, 2.75) is 7.43 Å². The molecular weight excluding hydrogens is 330 g/mol. The molecule has 0 radical (unpaired) electrons. The lowest BCUT2D eigenvalue weighted by molar-refractivity contribution is 0.102. The highest BCUT2D eigenvalue weighted by Gasteiger charge is 2.15. The molecule has 0 aliphatic carbocycles. The number of nitrogens with zero attached hydrogens (tertiary/aromatic N) is 2. The van der Waals surface area contributed by atoms with Gasteiger partial charge in [-0.25, -0.2) is 4.98 Å². The van der Waals surface area contributed by atoms with Gasteiger partial charge in [-0.3, -0.25) is 9.78 Å². The maximum atomic E-state index is 12.5. The van der Waals surface area contributed by atoms with Gasteiger partial charge in [-0.05, 0) is 30.3 Å². The number of aromatic hydroxyl groups is 2. The molecule has 0 aliphatic rings. The van der Waals surface area contributed by atoms with E-state index in [1.165, 1.54) is 12.1 Å². The van der Waals surface area contributed by atoms with Crippen LogP contribution in [0, 0.1) is 0 Å². The van der Waals surface area contributed by atoms with Gasteiger partial charge in [-0.2, -0.15) is 0 Å². The van der Waals surface area contributed by atoms with Crippen LogP contribution in [0.15, 0.2) is 60.8 Å². The van der Waals surface area contributed by atoms with E-state index < -0.39 is 5.91 Å². The molecule has 2 heterocycles. The Hall–Kier alpha value is -3.67. The average molecular weight is 347 g/mol. The minimum atomic E-state index is -0.507. The Labute approximate surface area is 149 Å². The number of benzene rings is 2. The summed E-state index contributed by atoms with van der Waals surface area (Å²) >= 11 is 0. The van der Waals surface area contributed by atoms with Crippen molar-refractivity contribution in [1.29, 1.82) is 0 Å². The van der Waals surface area contributed by atoms with E-state index in [1.54, 1.807) is 42.6 Å². The lowest BCUT2D eigenvalue weighted by atomic mass is 10.1. The van der Waals surface area contributed by atoms with Crippen LogP contribution in [0.2, 0.25) is 0 Å². The van der Waals surface area contributed by atoms with Gasteiger partial charge in [0, 0.05) is 17.0 Å². The molecule has 0 saturated carbocycles. The summed E-state index contributed by atoms with van der Waals surface area (Å²) in [5.41, 5.74) is 0.856. The van der Waals surface area contributed by atoms with Crippen molar-refractivity contribution in [3.05, 3.63) is 66.4 Å². The third-order valence-electron chi connectivity index (χ3n) is 3.93. The van der Waals surface area contributed by atoms with Crippen LogP contribution >= 0.6 is 0 Å². The van der Waals surface area contributed by atoms with Gasteiger partial charge < -0.3 is 15.5 Å². The number of hydrogen-bond acceptors (Lipinski definition) is 5. The summed E-state index contributed by atoms with van der Waals surface area (Å²) in [5, 5.41) is 24.4. The molecular formula is C20H17N3O3. The quantitative estimate of drug-likeness (QED) is 0.508. The largest absolute Gasteiger partial charge is 0.506 e. The van der Waals surface area contributed by atoms with Crippen LogP contribution in [-0.4, -0.2) is 26.1 Å². The van der Waals surface area contributed by atoms with E-state index in [2.05, 4.69) is 15.3 Å². The molecule has 0 bridgehead atoms. The second-order valence-electron chi connectivity index (χ2n) is 5.54. The van der Waals surface area contributed by atoms with Crippen LogP contribution in [0.5, 0.6) is 11.5 Å². The number of rotatable bonds is 2. The molecule has 0 saturated heterocycles. The first-order valence-electron chi connectivity index (χ1n) is 7.60. The Kier molecular flexibility index (Phi) is 4.41. The van der Waals surface area contributed by atoms with E-state index in [0.717, 1.165) is 10.8 Å². The first kappa shape index (κ1) is 17.2. The van der Waals surface area contributed by atoms with Gasteiger partial charge in [0.25, 0.3) is 5.91 Å². The van der Waals surface area contributed by atoms with Crippen molar-refractivity contribution in [1.82, 2.24) is 9.97 Å². The Morgan fingerprint density at radius 2 is 1.62 bits per heavy atom. The summed E-state index contributed by atoms with van der Waals surface area (Å²) in [4.78, 5) is 20.9. The minimum Gasteiger partial charge on any atom is -0.506 e. The zero-order valence-corrected chi connectivity index (χ0v) is 13.0. The number of phenolic OH excluding ortho intramolecular Hbond substituents is 2. The van der Waals surface area contributed by atoms with Crippen molar-refractivity contribution in [3.8, 4) is 11.5 Å². The highest BCUT2D eigenvalue weighted by Crippen LogP contribution is 2.28. The molecule has 0 spiro atoms. The zero-order valence-electron chi connectivity index (χ0n) is 13.0. The van der Waals surface area contributed by atoms with Gasteiger partial charge >= 0.3 is 0 Å². The number of para-hydroxylation sites is 1. The fourth-order valence-corrected chi connectivity index (χ4v) is 2.70. The van der Waals surface area contributed by atoms with Gasteiger partial charge in [0.05, 0.1) is 5.56 Å². The number of anilines is 1. The van der Waals surface area contributed by atoms with E-state index in [9.17, 15) is 15.0 Å². The summed E-state index contributed by atoms with van der Waals surface area (Å²) in [7, 11) is 0. The summed E-state index contributed by atoms with van der Waals surface area (Å²) in [6.07, 6.45) is 1.55.